The van der Waals surface area contributed by atoms with E-state index in [1.54, 1.807) is 11.3 Å². The molecule has 1 spiro atoms. The lowest BCUT2D eigenvalue weighted by Crippen LogP contribution is -2.41. The number of hydrogen-bond acceptors (Lipinski definition) is 4. The Kier molecular flexibility index (Phi) is 4.98. The SMILES string of the molecule is CCNC(=NCc1ncc(CC)s1)N1CCC2(CCOC2)C1. The van der Waals surface area contributed by atoms with E-state index in [2.05, 4.69) is 29.0 Å². The third-order valence-corrected chi connectivity index (χ3v) is 5.70. The Balaban J connectivity index is 1.65. The number of likely N-dealkylation sites (tertiary alicyclic amines) is 1. The zero-order valence-electron chi connectivity index (χ0n) is 13.6. The maximum atomic E-state index is 5.62. The summed E-state index contributed by atoms with van der Waals surface area (Å²) in [5, 5.41) is 4.54. The molecule has 0 aromatic carbocycles. The van der Waals surface area contributed by atoms with Crippen LogP contribution in [0.5, 0.6) is 0 Å². The number of aryl methyl sites for hydroxylation is 1. The third kappa shape index (κ3) is 3.43. The summed E-state index contributed by atoms with van der Waals surface area (Å²) in [5.41, 5.74) is 0.368. The molecule has 0 aliphatic carbocycles. The summed E-state index contributed by atoms with van der Waals surface area (Å²) in [4.78, 5) is 13.0. The highest BCUT2D eigenvalue weighted by molar-refractivity contribution is 7.11. The zero-order valence-corrected chi connectivity index (χ0v) is 14.4. The summed E-state index contributed by atoms with van der Waals surface area (Å²) in [7, 11) is 0. The summed E-state index contributed by atoms with van der Waals surface area (Å²) < 4.78 is 5.62. The van der Waals surface area contributed by atoms with Gasteiger partial charge in [0.15, 0.2) is 5.96 Å². The number of hydrogen-bond donors (Lipinski definition) is 1. The van der Waals surface area contributed by atoms with Crippen molar-refractivity contribution in [2.45, 2.75) is 39.7 Å². The topological polar surface area (TPSA) is 49.8 Å². The molecule has 1 aromatic heterocycles. The highest BCUT2D eigenvalue weighted by atomic mass is 32.1. The highest BCUT2D eigenvalue weighted by Gasteiger charge is 2.42. The molecule has 2 aliphatic heterocycles. The summed E-state index contributed by atoms with van der Waals surface area (Å²) in [6.07, 6.45) is 5.43. The van der Waals surface area contributed by atoms with Gasteiger partial charge in [-0.25, -0.2) is 9.98 Å². The van der Waals surface area contributed by atoms with Gasteiger partial charge in [0.25, 0.3) is 0 Å². The molecule has 1 unspecified atom stereocenters. The van der Waals surface area contributed by atoms with E-state index in [0.717, 1.165) is 50.2 Å². The van der Waals surface area contributed by atoms with Gasteiger partial charge in [-0.1, -0.05) is 6.92 Å². The first-order chi connectivity index (χ1) is 10.7. The zero-order chi connectivity index (χ0) is 15.4. The van der Waals surface area contributed by atoms with Crippen LogP contribution in [0.2, 0.25) is 0 Å². The number of nitrogens with zero attached hydrogens (tertiary/aromatic N) is 3. The lowest BCUT2D eigenvalue weighted by Gasteiger charge is -2.24. The molecular formula is C16H26N4OS. The van der Waals surface area contributed by atoms with Crippen LogP contribution in [0.4, 0.5) is 0 Å². The van der Waals surface area contributed by atoms with Crippen LogP contribution < -0.4 is 5.32 Å². The maximum Gasteiger partial charge on any atom is 0.194 e. The van der Waals surface area contributed by atoms with E-state index in [0.29, 0.717) is 12.0 Å². The van der Waals surface area contributed by atoms with Gasteiger partial charge in [-0.05, 0) is 26.2 Å². The Hall–Kier alpha value is -1.14. The van der Waals surface area contributed by atoms with Crippen molar-refractivity contribution in [3.05, 3.63) is 16.1 Å². The van der Waals surface area contributed by atoms with Crippen LogP contribution in [0.1, 0.15) is 36.6 Å². The van der Waals surface area contributed by atoms with Crippen molar-refractivity contribution in [2.24, 2.45) is 10.4 Å². The first-order valence-electron chi connectivity index (χ1n) is 8.29. The lowest BCUT2D eigenvalue weighted by atomic mass is 9.87. The van der Waals surface area contributed by atoms with Crippen LogP contribution in [0.25, 0.3) is 0 Å². The Labute approximate surface area is 136 Å². The number of aliphatic imine (C=N–C) groups is 1. The quantitative estimate of drug-likeness (QED) is 0.682. The van der Waals surface area contributed by atoms with Crippen LogP contribution in [-0.2, 0) is 17.7 Å². The van der Waals surface area contributed by atoms with Crippen LogP contribution >= 0.6 is 11.3 Å². The van der Waals surface area contributed by atoms with E-state index < -0.39 is 0 Å². The van der Waals surface area contributed by atoms with Gasteiger partial charge in [-0.3, -0.25) is 0 Å². The fourth-order valence-electron chi connectivity index (χ4n) is 3.24. The number of rotatable bonds is 4. The molecule has 6 heteroatoms. The Morgan fingerprint density at radius 2 is 2.41 bits per heavy atom. The van der Waals surface area contributed by atoms with Crippen molar-refractivity contribution in [1.82, 2.24) is 15.2 Å². The van der Waals surface area contributed by atoms with Gasteiger partial charge in [-0.2, -0.15) is 0 Å². The summed E-state index contributed by atoms with van der Waals surface area (Å²) >= 11 is 1.77. The summed E-state index contributed by atoms with van der Waals surface area (Å²) in [6.45, 7) is 9.83. The molecule has 0 saturated carbocycles. The van der Waals surface area contributed by atoms with E-state index in [1.807, 2.05) is 6.20 Å². The van der Waals surface area contributed by atoms with Gasteiger partial charge < -0.3 is 15.0 Å². The minimum absolute atomic E-state index is 0.368. The normalized spacial score (nSPS) is 25.4. The highest BCUT2D eigenvalue weighted by Crippen LogP contribution is 2.38. The van der Waals surface area contributed by atoms with E-state index in [-0.39, 0.29) is 0 Å². The monoisotopic (exact) mass is 322 g/mol. The molecule has 3 heterocycles. The molecule has 2 aliphatic rings. The van der Waals surface area contributed by atoms with Gasteiger partial charge >= 0.3 is 0 Å². The first kappa shape index (κ1) is 15.7. The average Bonchev–Trinajstić information content (AvgIpc) is 3.26. The van der Waals surface area contributed by atoms with Gasteiger partial charge in [0.05, 0.1) is 13.2 Å². The van der Waals surface area contributed by atoms with Gasteiger partial charge in [-0.15, -0.1) is 11.3 Å². The van der Waals surface area contributed by atoms with Gasteiger partial charge in [0.1, 0.15) is 5.01 Å². The number of guanidine groups is 1. The summed E-state index contributed by atoms with van der Waals surface area (Å²) in [5.74, 6) is 1.03. The Morgan fingerprint density at radius 3 is 3.09 bits per heavy atom. The molecule has 3 rings (SSSR count). The van der Waals surface area contributed by atoms with Crippen molar-refractivity contribution in [1.29, 1.82) is 0 Å². The number of thiazole rings is 1. The molecule has 5 nitrogen and oxygen atoms in total. The van der Waals surface area contributed by atoms with Crippen LogP contribution in [0.15, 0.2) is 11.2 Å². The van der Waals surface area contributed by atoms with Crippen molar-refractivity contribution >= 4 is 17.3 Å². The number of ether oxygens (including phenoxy) is 1. The molecule has 1 aromatic rings. The van der Waals surface area contributed by atoms with Crippen molar-refractivity contribution in [2.75, 3.05) is 32.8 Å². The van der Waals surface area contributed by atoms with Crippen LogP contribution in [0.3, 0.4) is 0 Å². The molecule has 2 fully saturated rings. The van der Waals surface area contributed by atoms with Crippen molar-refractivity contribution in [3.63, 3.8) is 0 Å². The maximum absolute atomic E-state index is 5.62. The molecule has 0 radical (unpaired) electrons. The van der Waals surface area contributed by atoms with Crippen molar-refractivity contribution in [3.8, 4) is 0 Å². The van der Waals surface area contributed by atoms with Crippen molar-refractivity contribution < 1.29 is 4.74 Å². The van der Waals surface area contributed by atoms with Gasteiger partial charge in [0.2, 0.25) is 0 Å². The third-order valence-electron chi connectivity index (χ3n) is 4.57. The molecular weight excluding hydrogens is 296 g/mol. The minimum Gasteiger partial charge on any atom is -0.381 e. The standard InChI is InChI=1S/C16H26N4OS/c1-3-13-9-18-14(22-13)10-19-15(17-4-2)20-7-5-16(11-20)6-8-21-12-16/h9H,3-8,10-12H2,1-2H3,(H,17,19). The van der Waals surface area contributed by atoms with E-state index in [1.165, 1.54) is 17.7 Å². The van der Waals surface area contributed by atoms with E-state index in [9.17, 15) is 0 Å². The Morgan fingerprint density at radius 1 is 1.50 bits per heavy atom. The smallest absolute Gasteiger partial charge is 0.194 e. The fourth-order valence-corrected chi connectivity index (χ4v) is 4.03. The van der Waals surface area contributed by atoms with Crippen LogP contribution in [-0.4, -0.2) is 48.7 Å². The molecule has 2 saturated heterocycles. The molecule has 0 amide bonds. The largest absolute Gasteiger partial charge is 0.381 e. The molecule has 122 valence electrons. The van der Waals surface area contributed by atoms with E-state index >= 15 is 0 Å². The van der Waals surface area contributed by atoms with Gasteiger partial charge in [0, 0.05) is 42.7 Å². The molecule has 0 bridgehead atoms. The predicted molar refractivity (Wildman–Crippen MR) is 90.4 cm³/mol. The fraction of sp³-hybridized carbons (Fsp3) is 0.750. The Bertz CT molecular complexity index is 522. The molecule has 1 atom stereocenters. The second-order valence-corrected chi connectivity index (χ2v) is 7.42. The number of aromatic nitrogens is 1. The first-order valence-corrected chi connectivity index (χ1v) is 9.11. The molecule has 1 N–H and O–H groups in total. The minimum atomic E-state index is 0.368. The number of nitrogens with one attached hydrogen (secondary N) is 1. The molecule has 22 heavy (non-hydrogen) atoms. The van der Waals surface area contributed by atoms with Crippen LogP contribution in [0, 0.1) is 5.41 Å². The predicted octanol–water partition coefficient (Wildman–Crippen LogP) is 2.28. The van der Waals surface area contributed by atoms with E-state index in [4.69, 9.17) is 9.73 Å². The summed E-state index contributed by atoms with van der Waals surface area (Å²) in [6, 6.07) is 0. The second-order valence-electron chi connectivity index (χ2n) is 6.22. The average molecular weight is 322 g/mol. The second kappa shape index (κ2) is 6.96. The lowest BCUT2D eigenvalue weighted by molar-refractivity contribution is 0.156.